The van der Waals surface area contributed by atoms with Gasteiger partial charge in [0.2, 0.25) is 0 Å². The van der Waals surface area contributed by atoms with Crippen molar-refractivity contribution >= 4 is 0 Å². The number of hydrogen-bond donors (Lipinski definition) is 1. The second kappa shape index (κ2) is 4.40. The van der Waals surface area contributed by atoms with Gasteiger partial charge >= 0.3 is 0 Å². The molecule has 1 saturated heterocycles. The molecule has 2 N–H and O–H groups in total. The van der Waals surface area contributed by atoms with Crippen molar-refractivity contribution in [3.05, 3.63) is 0 Å². The lowest BCUT2D eigenvalue weighted by atomic mass is 10.0. The Bertz CT molecular complexity index is 159. The van der Waals surface area contributed by atoms with Gasteiger partial charge in [0.1, 0.15) is 0 Å². The number of methoxy groups -OCH3 is 1. The highest BCUT2D eigenvalue weighted by atomic mass is 16.5. The molecule has 0 spiro atoms. The van der Waals surface area contributed by atoms with Crippen LogP contribution in [0.2, 0.25) is 0 Å². The van der Waals surface area contributed by atoms with Gasteiger partial charge in [0.05, 0.1) is 6.61 Å². The monoisotopic (exact) mass is 186 g/mol. The lowest BCUT2D eigenvalue weighted by Gasteiger charge is -2.37. The Kier molecular flexibility index (Phi) is 3.71. The molecule has 0 aromatic heterocycles. The zero-order valence-electron chi connectivity index (χ0n) is 9.05. The van der Waals surface area contributed by atoms with Crippen LogP contribution in [0, 0.1) is 0 Å². The van der Waals surface area contributed by atoms with Crippen molar-refractivity contribution in [2.45, 2.75) is 38.3 Å². The SMILES string of the molecule is COCC(CN)N1CCCC1(C)C. The second-order valence-electron chi connectivity index (χ2n) is 4.45. The van der Waals surface area contributed by atoms with Gasteiger partial charge in [-0.25, -0.2) is 0 Å². The number of nitrogens with zero attached hydrogens (tertiary/aromatic N) is 1. The highest BCUT2D eigenvalue weighted by Gasteiger charge is 2.35. The maximum atomic E-state index is 5.74. The summed E-state index contributed by atoms with van der Waals surface area (Å²) >= 11 is 0. The smallest absolute Gasteiger partial charge is 0.0630 e. The normalized spacial score (nSPS) is 24.9. The molecule has 0 bridgehead atoms. The van der Waals surface area contributed by atoms with E-state index in [0.717, 1.165) is 13.2 Å². The predicted octanol–water partition coefficient (Wildman–Crippen LogP) is 0.834. The predicted molar refractivity (Wildman–Crippen MR) is 54.7 cm³/mol. The lowest BCUT2D eigenvalue weighted by Crippen LogP contribution is -2.50. The Morgan fingerprint density at radius 3 is 2.62 bits per heavy atom. The molecule has 0 aromatic carbocycles. The molecule has 1 heterocycles. The van der Waals surface area contributed by atoms with E-state index in [4.69, 9.17) is 10.5 Å². The summed E-state index contributed by atoms with van der Waals surface area (Å²) in [6, 6.07) is 0.391. The number of hydrogen-bond acceptors (Lipinski definition) is 3. The van der Waals surface area contributed by atoms with E-state index in [0.29, 0.717) is 18.1 Å². The summed E-state index contributed by atoms with van der Waals surface area (Å²) in [4.78, 5) is 2.48. The lowest BCUT2D eigenvalue weighted by molar-refractivity contribution is 0.0551. The number of rotatable bonds is 4. The Morgan fingerprint density at radius 1 is 1.54 bits per heavy atom. The van der Waals surface area contributed by atoms with Crippen molar-refractivity contribution in [2.24, 2.45) is 5.73 Å². The summed E-state index contributed by atoms with van der Waals surface area (Å²) < 4.78 is 5.18. The van der Waals surface area contributed by atoms with Gasteiger partial charge in [0.15, 0.2) is 0 Å². The molecule has 0 aliphatic carbocycles. The van der Waals surface area contributed by atoms with Crippen LogP contribution in [0.4, 0.5) is 0 Å². The van der Waals surface area contributed by atoms with Crippen LogP contribution in [0.1, 0.15) is 26.7 Å². The Balaban J connectivity index is 2.57. The molecule has 3 heteroatoms. The quantitative estimate of drug-likeness (QED) is 0.707. The first-order valence-electron chi connectivity index (χ1n) is 5.07. The molecule has 1 aliphatic rings. The zero-order chi connectivity index (χ0) is 9.90. The van der Waals surface area contributed by atoms with Gasteiger partial charge in [0.25, 0.3) is 0 Å². The van der Waals surface area contributed by atoms with Crippen molar-refractivity contribution in [1.29, 1.82) is 0 Å². The highest BCUT2D eigenvalue weighted by molar-refractivity contribution is 4.92. The molecule has 1 aliphatic heterocycles. The molecule has 0 amide bonds. The fourth-order valence-electron chi connectivity index (χ4n) is 2.28. The summed E-state index contributed by atoms with van der Waals surface area (Å²) in [5, 5.41) is 0. The van der Waals surface area contributed by atoms with Crippen molar-refractivity contribution in [3.8, 4) is 0 Å². The first-order chi connectivity index (χ1) is 6.11. The van der Waals surface area contributed by atoms with Crippen LogP contribution >= 0.6 is 0 Å². The minimum Gasteiger partial charge on any atom is -0.383 e. The highest BCUT2D eigenvalue weighted by Crippen LogP contribution is 2.29. The minimum absolute atomic E-state index is 0.308. The van der Waals surface area contributed by atoms with Gasteiger partial charge in [-0.2, -0.15) is 0 Å². The van der Waals surface area contributed by atoms with Crippen molar-refractivity contribution in [1.82, 2.24) is 4.90 Å². The average Bonchev–Trinajstić information content (AvgIpc) is 2.41. The number of nitrogens with two attached hydrogens (primary N) is 1. The summed E-state index contributed by atoms with van der Waals surface area (Å²) in [6.07, 6.45) is 2.56. The number of ether oxygens (including phenoxy) is 1. The molecular weight excluding hydrogens is 164 g/mol. The van der Waals surface area contributed by atoms with E-state index in [1.165, 1.54) is 12.8 Å². The average molecular weight is 186 g/mol. The molecule has 3 nitrogen and oxygen atoms in total. The molecule has 13 heavy (non-hydrogen) atoms. The van der Waals surface area contributed by atoms with E-state index >= 15 is 0 Å². The first-order valence-corrected chi connectivity index (χ1v) is 5.07. The minimum atomic E-state index is 0.308. The first kappa shape index (κ1) is 11.0. The van der Waals surface area contributed by atoms with Crippen LogP contribution in [0.5, 0.6) is 0 Å². The van der Waals surface area contributed by atoms with Crippen molar-refractivity contribution in [3.63, 3.8) is 0 Å². The molecule has 1 rings (SSSR count). The van der Waals surface area contributed by atoms with Crippen LogP contribution in [0.25, 0.3) is 0 Å². The van der Waals surface area contributed by atoms with Gasteiger partial charge in [0, 0.05) is 25.2 Å². The number of likely N-dealkylation sites (tertiary alicyclic amines) is 1. The van der Waals surface area contributed by atoms with Gasteiger partial charge < -0.3 is 10.5 Å². The standard InChI is InChI=1S/C10H22N2O/c1-10(2)5-4-6-12(10)9(7-11)8-13-3/h9H,4-8,11H2,1-3H3. The third kappa shape index (κ3) is 2.42. The van der Waals surface area contributed by atoms with Crippen molar-refractivity contribution in [2.75, 3.05) is 26.8 Å². The molecule has 0 radical (unpaired) electrons. The van der Waals surface area contributed by atoms with E-state index in [1.807, 2.05) is 0 Å². The van der Waals surface area contributed by atoms with Crippen molar-refractivity contribution < 1.29 is 4.74 Å². The van der Waals surface area contributed by atoms with E-state index in [9.17, 15) is 0 Å². The molecule has 78 valence electrons. The van der Waals surface area contributed by atoms with Gasteiger partial charge in [-0.05, 0) is 33.2 Å². The molecule has 0 aromatic rings. The summed E-state index contributed by atoms with van der Waals surface area (Å²) in [5.41, 5.74) is 6.05. The topological polar surface area (TPSA) is 38.5 Å². The Labute approximate surface area is 81.2 Å². The molecule has 0 saturated carbocycles. The molecular formula is C10H22N2O. The summed E-state index contributed by atoms with van der Waals surface area (Å²) in [7, 11) is 1.74. The zero-order valence-corrected chi connectivity index (χ0v) is 9.05. The maximum absolute atomic E-state index is 5.74. The van der Waals surface area contributed by atoms with Gasteiger partial charge in [-0.15, -0.1) is 0 Å². The van der Waals surface area contributed by atoms with Crippen LogP contribution in [0.3, 0.4) is 0 Å². The molecule has 1 atom stereocenters. The van der Waals surface area contributed by atoms with E-state index < -0.39 is 0 Å². The van der Waals surface area contributed by atoms with Crippen LogP contribution < -0.4 is 5.73 Å². The third-order valence-electron chi connectivity index (χ3n) is 3.04. The fraction of sp³-hybridized carbons (Fsp3) is 1.00. The van der Waals surface area contributed by atoms with Crippen LogP contribution in [-0.4, -0.2) is 43.3 Å². The maximum Gasteiger partial charge on any atom is 0.0630 e. The Hall–Kier alpha value is -0.120. The van der Waals surface area contributed by atoms with Gasteiger partial charge in [-0.1, -0.05) is 0 Å². The fourth-order valence-corrected chi connectivity index (χ4v) is 2.28. The van der Waals surface area contributed by atoms with Crippen LogP contribution in [-0.2, 0) is 4.74 Å². The summed E-state index contributed by atoms with van der Waals surface area (Å²) in [6.45, 7) is 7.19. The second-order valence-corrected chi connectivity index (χ2v) is 4.45. The van der Waals surface area contributed by atoms with E-state index in [1.54, 1.807) is 7.11 Å². The largest absolute Gasteiger partial charge is 0.383 e. The molecule has 1 unspecified atom stereocenters. The van der Waals surface area contributed by atoms with Crippen LogP contribution in [0.15, 0.2) is 0 Å². The molecule has 1 fully saturated rings. The summed E-state index contributed by atoms with van der Waals surface area (Å²) in [5.74, 6) is 0. The Morgan fingerprint density at radius 2 is 2.23 bits per heavy atom. The van der Waals surface area contributed by atoms with Gasteiger partial charge in [-0.3, -0.25) is 4.90 Å². The van der Waals surface area contributed by atoms with E-state index in [-0.39, 0.29) is 0 Å². The van der Waals surface area contributed by atoms with E-state index in [2.05, 4.69) is 18.7 Å². The third-order valence-corrected chi connectivity index (χ3v) is 3.04.